The number of carbonyl (C=O) groups excluding carboxylic acids is 1. The van der Waals surface area contributed by atoms with E-state index in [1.54, 1.807) is 17.9 Å². The van der Waals surface area contributed by atoms with Crippen molar-refractivity contribution in [1.82, 2.24) is 10.1 Å². The number of anilines is 1. The van der Waals surface area contributed by atoms with E-state index in [9.17, 15) is 4.79 Å². The van der Waals surface area contributed by atoms with Gasteiger partial charge in [-0.3, -0.25) is 5.32 Å². The predicted octanol–water partition coefficient (Wildman–Crippen LogP) is 3.20. The van der Waals surface area contributed by atoms with Crippen LogP contribution in [-0.4, -0.2) is 35.3 Å². The average Bonchev–Trinajstić information content (AvgIpc) is 3.19. The predicted molar refractivity (Wildman–Crippen MR) is 86.1 cm³/mol. The Morgan fingerprint density at radius 3 is 2.87 bits per heavy atom. The van der Waals surface area contributed by atoms with Gasteiger partial charge >= 0.3 is 6.03 Å². The minimum absolute atomic E-state index is 0.100. The molecule has 1 fully saturated rings. The van der Waals surface area contributed by atoms with E-state index in [2.05, 4.69) is 10.5 Å². The Hall–Kier alpha value is -2.34. The molecular weight excluding hydrogens is 294 g/mol. The molecule has 122 valence electrons. The maximum Gasteiger partial charge on any atom is 0.323 e. The van der Waals surface area contributed by atoms with Crippen molar-refractivity contribution in [2.24, 2.45) is 0 Å². The number of urea groups is 1. The maximum absolute atomic E-state index is 12.6. The number of ether oxygens (including phenoxy) is 1. The van der Waals surface area contributed by atoms with Gasteiger partial charge in [0.25, 0.3) is 0 Å². The Morgan fingerprint density at radius 1 is 1.39 bits per heavy atom. The highest BCUT2D eigenvalue weighted by Crippen LogP contribution is 2.16. The van der Waals surface area contributed by atoms with Crippen LogP contribution in [0.4, 0.5) is 10.6 Å². The van der Waals surface area contributed by atoms with Crippen LogP contribution in [0.5, 0.6) is 0 Å². The molecule has 3 rings (SSSR count). The molecule has 6 heteroatoms. The Kier molecular flexibility index (Phi) is 4.92. The first-order valence-electron chi connectivity index (χ1n) is 7.85. The van der Waals surface area contributed by atoms with E-state index in [1.807, 2.05) is 30.3 Å². The number of hydrogen-bond donors (Lipinski definition) is 1. The normalized spacial score (nSPS) is 17.2. The van der Waals surface area contributed by atoms with Gasteiger partial charge in [-0.05, 0) is 25.3 Å². The lowest BCUT2D eigenvalue weighted by Crippen LogP contribution is -2.39. The number of aromatic nitrogens is 1. The summed E-state index contributed by atoms with van der Waals surface area (Å²) in [6.45, 7) is 3.66. The third-order valence-electron chi connectivity index (χ3n) is 3.81. The quantitative estimate of drug-likeness (QED) is 0.920. The molecule has 1 unspecified atom stereocenters. The van der Waals surface area contributed by atoms with Gasteiger partial charge in [0, 0.05) is 25.8 Å². The van der Waals surface area contributed by atoms with Gasteiger partial charge in [0.05, 0.1) is 6.10 Å². The van der Waals surface area contributed by atoms with Crippen molar-refractivity contribution in [1.29, 1.82) is 0 Å². The fraction of sp³-hybridized carbons (Fsp3) is 0.412. The summed E-state index contributed by atoms with van der Waals surface area (Å²) in [7, 11) is 0. The van der Waals surface area contributed by atoms with Crippen LogP contribution in [-0.2, 0) is 11.3 Å². The zero-order valence-corrected chi connectivity index (χ0v) is 13.2. The standard InChI is InChI=1S/C17H21N3O3/c1-13-10-16(19-23-13)18-17(21)20(12-15-8-5-9-22-15)11-14-6-3-2-4-7-14/h2-4,6-7,10,15H,5,8-9,11-12H2,1H3,(H,18,19,21). The van der Waals surface area contributed by atoms with Crippen LogP contribution in [0.2, 0.25) is 0 Å². The van der Waals surface area contributed by atoms with Crippen molar-refractivity contribution >= 4 is 11.8 Å². The van der Waals surface area contributed by atoms with Gasteiger partial charge in [0.1, 0.15) is 5.76 Å². The monoisotopic (exact) mass is 315 g/mol. The van der Waals surface area contributed by atoms with Crippen LogP contribution in [0.3, 0.4) is 0 Å². The number of hydrogen-bond acceptors (Lipinski definition) is 4. The third-order valence-corrected chi connectivity index (χ3v) is 3.81. The summed E-state index contributed by atoms with van der Waals surface area (Å²) < 4.78 is 10.7. The van der Waals surface area contributed by atoms with Gasteiger partial charge < -0.3 is 14.2 Å². The van der Waals surface area contributed by atoms with Crippen LogP contribution in [0.1, 0.15) is 24.2 Å². The molecule has 1 saturated heterocycles. The van der Waals surface area contributed by atoms with Crippen molar-refractivity contribution in [2.75, 3.05) is 18.5 Å². The second-order valence-electron chi connectivity index (χ2n) is 5.75. The second-order valence-corrected chi connectivity index (χ2v) is 5.75. The van der Waals surface area contributed by atoms with E-state index in [-0.39, 0.29) is 12.1 Å². The van der Waals surface area contributed by atoms with Gasteiger partial charge in [-0.15, -0.1) is 0 Å². The number of nitrogens with one attached hydrogen (secondary N) is 1. The topological polar surface area (TPSA) is 67.6 Å². The highest BCUT2D eigenvalue weighted by Gasteiger charge is 2.23. The molecule has 0 spiro atoms. The summed E-state index contributed by atoms with van der Waals surface area (Å²) in [6.07, 6.45) is 2.14. The van der Waals surface area contributed by atoms with E-state index in [1.165, 1.54) is 0 Å². The van der Waals surface area contributed by atoms with Crippen molar-refractivity contribution < 1.29 is 14.1 Å². The lowest BCUT2D eigenvalue weighted by Gasteiger charge is -2.25. The molecule has 23 heavy (non-hydrogen) atoms. The van der Waals surface area contributed by atoms with E-state index >= 15 is 0 Å². The highest BCUT2D eigenvalue weighted by molar-refractivity contribution is 5.88. The van der Waals surface area contributed by atoms with Crippen LogP contribution in [0, 0.1) is 6.92 Å². The first kappa shape index (κ1) is 15.6. The molecule has 2 amide bonds. The summed E-state index contributed by atoms with van der Waals surface area (Å²) in [5.41, 5.74) is 1.08. The molecule has 0 aliphatic carbocycles. The largest absolute Gasteiger partial charge is 0.376 e. The van der Waals surface area contributed by atoms with E-state index in [4.69, 9.17) is 9.26 Å². The molecule has 1 atom stereocenters. The molecule has 2 aromatic rings. The molecule has 2 heterocycles. The summed E-state index contributed by atoms with van der Waals surface area (Å²) in [6, 6.07) is 11.4. The summed E-state index contributed by atoms with van der Waals surface area (Å²) in [5.74, 6) is 1.09. The van der Waals surface area contributed by atoms with Crippen LogP contribution in [0.15, 0.2) is 40.9 Å². The summed E-state index contributed by atoms with van der Waals surface area (Å²) in [5, 5.41) is 6.60. The third kappa shape index (κ3) is 4.32. The van der Waals surface area contributed by atoms with Gasteiger partial charge in [0.2, 0.25) is 0 Å². The van der Waals surface area contributed by atoms with Gasteiger partial charge in [-0.1, -0.05) is 35.5 Å². The van der Waals surface area contributed by atoms with Gasteiger partial charge in [0.15, 0.2) is 5.82 Å². The zero-order chi connectivity index (χ0) is 16.1. The molecule has 0 saturated carbocycles. The van der Waals surface area contributed by atoms with E-state index < -0.39 is 0 Å². The molecule has 1 aliphatic rings. The number of benzene rings is 1. The Morgan fingerprint density at radius 2 is 2.22 bits per heavy atom. The molecule has 0 bridgehead atoms. The van der Waals surface area contributed by atoms with Crippen LogP contribution < -0.4 is 5.32 Å². The van der Waals surface area contributed by atoms with Crippen molar-refractivity contribution in [3.63, 3.8) is 0 Å². The minimum atomic E-state index is -0.197. The van der Waals surface area contributed by atoms with Gasteiger partial charge in [-0.25, -0.2) is 4.79 Å². The number of nitrogens with zero attached hydrogens (tertiary/aromatic N) is 2. The van der Waals surface area contributed by atoms with E-state index in [0.717, 1.165) is 25.0 Å². The average molecular weight is 315 g/mol. The van der Waals surface area contributed by atoms with Crippen LogP contribution in [0.25, 0.3) is 0 Å². The number of rotatable bonds is 5. The first-order chi connectivity index (χ1) is 11.2. The van der Waals surface area contributed by atoms with Crippen molar-refractivity contribution in [3.05, 3.63) is 47.7 Å². The lowest BCUT2D eigenvalue weighted by molar-refractivity contribution is 0.0819. The molecule has 1 N–H and O–H groups in total. The number of amides is 2. The maximum atomic E-state index is 12.6. The highest BCUT2D eigenvalue weighted by atomic mass is 16.5. The first-order valence-corrected chi connectivity index (χ1v) is 7.85. The number of aryl methyl sites for hydroxylation is 1. The van der Waals surface area contributed by atoms with Crippen molar-refractivity contribution in [2.45, 2.75) is 32.4 Å². The second kappa shape index (κ2) is 7.28. The lowest BCUT2D eigenvalue weighted by atomic mass is 10.2. The minimum Gasteiger partial charge on any atom is -0.376 e. The van der Waals surface area contributed by atoms with Crippen molar-refractivity contribution in [3.8, 4) is 0 Å². The molecule has 6 nitrogen and oxygen atoms in total. The Balaban J connectivity index is 1.68. The molecule has 0 radical (unpaired) electrons. The summed E-state index contributed by atoms with van der Waals surface area (Å²) in [4.78, 5) is 14.4. The summed E-state index contributed by atoms with van der Waals surface area (Å²) >= 11 is 0. The Bertz CT molecular complexity index is 636. The molecule has 1 aromatic carbocycles. The fourth-order valence-electron chi connectivity index (χ4n) is 2.67. The Labute approximate surface area is 135 Å². The van der Waals surface area contributed by atoms with Gasteiger partial charge in [-0.2, -0.15) is 0 Å². The van der Waals surface area contributed by atoms with Crippen LogP contribution >= 0.6 is 0 Å². The smallest absolute Gasteiger partial charge is 0.323 e. The molecular formula is C17H21N3O3. The zero-order valence-electron chi connectivity index (χ0n) is 13.2. The number of carbonyl (C=O) groups is 1. The van der Waals surface area contributed by atoms with E-state index in [0.29, 0.717) is 24.7 Å². The molecule has 1 aliphatic heterocycles. The fourth-order valence-corrected chi connectivity index (χ4v) is 2.67. The molecule has 1 aromatic heterocycles. The SMILES string of the molecule is Cc1cc(NC(=O)N(Cc2ccccc2)CC2CCCO2)no1.